The molecule has 0 bridgehead atoms. The predicted octanol–water partition coefficient (Wildman–Crippen LogP) is 4.07. The van der Waals surface area contributed by atoms with Gasteiger partial charge in [0.1, 0.15) is 11.9 Å². The number of hydrogen-bond donors (Lipinski definition) is 0. The van der Waals surface area contributed by atoms with Gasteiger partial charge < -0.3 is 14.2 Å². The van der Waals surface area contributed by atoms with Crippen molar-refractivity contribution in [3.05, 3.63) is 76.9 Å². The molecular weight excluding hydrogens is 409 g/mol. The van der Waals surface area contributed by atoms with Crippen LogP contribution in [0.5, 0.6) is 11.5 Å². The highest BCUT2D eigenvalue weighted by atomic mass is 19.1. The van der Waals surface area contributed by atoms with Crippen LogP contribution in [0.3, 0.4) is 0 Å². The second-order valence-corrected chi connectivity index (χ2v) is 8.12. The van der Waals surface area contributed by atoms with E-state index < -0.39 is 0 Å². The molecule has 0 N–H and O–H groups in total. The van der Waals surface area contributed by atoms with Crippen molar-refractivity contribution >= 4 is 0 Å². The van der Waals surface area contributed by atoms with Gasteiger partial charge in [-0.05, 0) is 36.8 Å². The summed E-state index contributed by atoms with van der Waals surface area (Å²) in [5, 5.41) is 4.68. The normalized spacial score (nSPS) is 16.8. The number of rotatable bonds is 8. The Labute approximate surface area is 188 Å². The van der Waals surface area contributed by atoms with Crippen LogP contribution in [0, 0.1) is 12.7 Å². The van der Waals surface area contributed by atoms with Gasteiger partial charge >= 0.3 is 0 Å². The first kappa shape index (κ1) is 22.3. The van der Waals surface area contributed by atoms with E-state index in [2.05, 4.69) is 41.2 Å². The Morgan fingerprint density at radius 1 is 1.16 bits per heavy atom. The highest BCUT2D eigenvalue weighted by Gasteiger charge is 2.25. The van der Waals surface area contributed by atoms with Gasteiger partial charge in [0.25, 0.3) is 0 Å². The maximum absolute atomic E-state index is 13.7. The van der Waals surface area contributed by atoms with Gasteiger partial charge in [-0.15, -0.1) is 0 Å². The second kappa shape index (κ2) is 10.1. The number of nitrogens with zero attached hydrogens (tertiary/aromatic N) is 3. The largest absolute Gasteiger partial charge is 0.496 e. The summed E-state index contributed by atoms with van der Waals surface area (Å²) < 4.78 is 32.8. The van der Waals surface area contributed by atoms with Crippen LogP contribution >= 0.6 is 0 Å². The molecule has 2 heterocycles. The molecule has 7 heteroatoms. The molecule has 32 heavy (non-hydrogen) atoms. The Morgan fingerprint density at radius 3 is 2.81 bits per heavy atom. The van der Waals surface area contributed by atoms with Gasteiger partial charge in [-0.25, -0.2) is 4.39 Å². The van der Waals surface area contributed by atoms with E-state index in [0.29, 0.717) is 19.6 Å². The molecule has 0 radical (unpaired) electrons. The number of aromatic nitrogens is 2. The minimum Gasteiger partial charge on any atom is -0.496 e. The zero-order valence-electron chi connectivity index (χ0n) is 18.9. The first-order chi connectivity index (χ1) is 15.5. The second-order valence-electron chi connectivity index (χ2n) is 8.12. The molecule has 170 valence electrons. The minimum absolute atomic E-state index is 0.0902. The van der Waals surface area contributed by atoms with Crippen LogP contribution < -0.4 is 9.47 Å². The van der Waals surface area contributed by atoms with Crippen molar-refractivity contribution in [2.24, 2.45) is 7.05 Å². The monoisotopic (exact) mass is 439 g/mol. The number of ether oxygens (including phenoxy) is 3. The van der Waals surface area contributed by atoms with Crippen molar-refractivity contribution in [2.45, 2.75) is 26.0 Å². The van der Waals surface area contributed by atoms with Crippen molar-refractivity contribution in [2.75, 3.05) is 33.4 Å². The topological polar surface area (TPSA) is 48.8 Å². The van der Waals surface area contributed by atoms with E-state index in [1.54, 1.807) is 25.3 Å². The summed E-state index contributed by atoms with van der Waals surface area (Å²) in [5.74, 6) is 0.842. The maximum Gasteiger partial charge on any atom is 0.165 e. The number of halogens is 1. The molecule has 3 aromatic rings. The van der Waals surface area contributed by atoms with Gasteiger partial charge in [0.15, 0.2) is 11.6 Å². The van der Waals surface area contributed by atoms with E-state index in [9.17, 15) is 4.39 Å². The van der Waals surface area contributed by atoms with E-state index in [-0.39, 0.29) is 17.7 Å². The first-order valence-corrected chi connectivity index (χ1v) is 10.9. The number of morpholine rings is 1. The highest BCUT2D eigenvalue weighted by Crippen LogP contribution is 2.26. The highest BCUT2D eigenvalue weighted by molar-refractivity contribution is 5.37. The molecule has 1 aliphatic rings. The number of benzene rings is 2. The summed E-state index contributed by atoms with van der Waals surface area (Å²) in [6.45, 7) is 5.53. The van der Waals surface area contributed by atoms with Crippen LogP contribution in [0.2, 0.25) is 0 Å². The fourth-order valence-corrected chi connectivity index (χ4v) is 4.00. The van der Waals surface area contributed by atoms with Gasteiger partial charge in [-0.1, -0.05) is 24.3 Å². The molecule has 1 saturated heterocycles. The lowest BCUT2D eigenvalue weighted by Gasteiger charge is -2.32. The van der Waals surface area contributed by atoms with E-state index in [1.807, 2.05) is 11.7 Å². The Balaban J connectivity index is 1.37. The summed E-state index contributed by atoms with van der Waals surface area (Å²) in [7, 11) is 3.63. The standard InChI is InChI=1S/C25H30FN3O3/c1-18-8-9-19(24(14-18)30-3)16-29-11-13-32-25(17-29)22-15-20(28(2)27-22)10-12-31-23-7-5-4-6-21(23)26/h4-9,14-15,25H,10-13,16-17H2,1-3H3/t25-/m1/s1. The van der Waals surface area contributed by atoms with Crippen LogP contribution in [0.15, 0.2) is 48.5 Å². The summed E-state index contributed by atoms with van der Waals surface area (Å²) >= 11 is 0. The molecule has 0 unspecified atom stereocenters. The van der Waals surface area contributed by atoms with Crippen molar-refractivity contribution < 1.29 is 18.6 Å². The fraction of sp³-hybridized carbons (Fsp3) is 0.400. The Bertz CT molecular complexity index is 1050. The molecule has 0 amide bonds. The third kappa shape index (κ3) is 5.29. The lowest BCUT2D eigenvalue weighted by atomic mass is 10.1. The molecule has 6 nitrogen and oxygen atoms in total. The van der Waals surface area contributed by atoms with Gasteiger partial charge in [-0.2, -0.15) is 5.10 Å². The maximum atomic E-state index is 13.7. The number of hydrogen-bond acceptors (Lipinski definition) is 5. The minimum atomic E-state index is -0.348. The fourth-order valence-electron chi connectivity index (χ4n) is 4.00. The quantitative estimate of drug-likeness (QED) is 0.530. The molecule has 1 aromatic heterocycles. The lowest BCUT2D eigenvalue weighted by molar-refractivity contribution is -0.0353. The summed E-state index contributed by atoms with van der Waals surface area (Å²) in [5.41, 5.74) is 4.29. The molecule has 0 saturated carbocycles. The summed E-state index contributed by atoms with van der Waals surface area (Å²) in [6, 6.07) is 14.8. The average molecular weight is 440 g/mol. The van der Waals surface area contributed by atoms with Crippen LogP contribution in [0.1, 0.15) is 28.6 Å². The smallest absolute Gasteiger partial charge is 0.165 e. The Kier molecular flexibility index (Phi) is 7.07. The van der Waals surface area contributed by atoms with Crippen molar-refractivity contribution in [3.8, 4) is 11.5 Å². The van der Waals surface area contributed by atoms with Gasteiger partial charge in [0.2, 0.25) is 0 Å². The number of aryl methyl sites for hydroxylation is 2. The third-order valence-electron chi connectivity index (χ3n) is 5.77. The van der Waals surface area contributed by atoms with E-state index >= 15 is 0 Å². The van der Waals surface area contributed by atoms with Crippen LogP contribution in [0.4, 0.5) is 4.39 Å². The first-order valence-electron chi connectivity index (χ1n) is 10.9. The lowest BCUT2D eigenvalue weighted by Crippen LogP contribution is -2.38. The van der Waals surface area contributed by atoms with Crippen molar-refractivity contribution in [1.82, 2.24) is 14.7 Å². The molecule has 1 fully saturated rings. The van der Waals surface area contributed by atoms with Crippen LogP contribution in [0.25, 0.3) is 0 Å². The Morgan fingerprint density at radius 2 is 2.00 bits per heavy atom. The van der Waals surface area contributed by atoms with Crippen LogP contribution in [-0.2, 0) is 24.8 Å². The van der Waals surface area contributed by atoms with E-state index in [4.69, 9.17) is 14.2 Å². The summed E-state index contributed by atoms with van der Waals surface area (Å²) in [4.78, 5) is 2.37. The molecule has 2 aromatic carbocycles. The zero-order chi connectivity index (χ0) is 22.5. The number of para-hydroxylation sites is 1. The molecule has 0 aliphatic carbocycles. The van der Waals surface area contributed by atoms with E-state index in [0.717, 1.165) is 36.8 Å². The van der Waals surface area contributed by atoms with Gasteiger partial charge in [-0.3, -0.25) is 9.58 Å². The Hall–Kier alpha value is -2.90. The third-order valence-corrected chi connectivity index (χ3v) is 5.77. The average Bonchev–Trinajstić information content (AvgIpc) is 3.17. The van der Waals surface area contributed by atoms with Crippen molar-refractivity contribution in [3.63, 3.8) is 0 Å². The van der Waals surface area contributed by atoms with E-state index in [1.165, 1.54) is 17.2 Å². The molecule has 0 spiro atoms. The number of methoxy groups -OCH3 is 1. The SMILES string of the molecule is COc1cc(C)ccc1CN1CCO[C@@H](c2cc(CCOc3ccccc3F)n(C)n2)C1. The van der Waals surface area contributed by atoms with Crippen LogP contribution in [-0.4, -0.2) is 48.1 Å². The zero-order valence-corrected chi connectivity index (χ0v) is 18.9. The summed E-state index contributed by atoms with van der Waals surface area (Å²) in [6.07, 6.45) is 0.544. The predicted molar refractivity (Wildman–Crippen MR) is 121 cm³/mol. The van der Waals surface area contributed by atoms with Gasteiger partial charge in [0.05, 0.1) is 26.0 Å². The molecule has 1 atom stereocenters. The molecule has 1 aliphatic heterocycles. The molecule has 4 rings (SSSR count). The van der Waals surface area contributed by atoms with Crippen molar-refractivity contribution in [1.29, 1.82) is 0 Å². The molecular formula is C25H30FN3O3. The van der Waals surface area contributed by atoms with Gasteiger partial charge in [0, 0.05) is 44.4 Å².